The predicted molar refractivity (Wildman–Crippen MR) is 147 cm³/mol. The molecule has 3 aromatic heterocycles. The first-order valence-corrected chi connectivity index (χ1v) is 13.7. The van der Waals surface area contributed by atoms with E-state index >= 15 is 0 Å². The van der Waals surface area contributed by atoms with Gasteiger partial charge in [0.05, 0.1) is 5.69 Å². The Kier molecular flexibility index (Phi) is 6.38. The molecule has 5 aromatic rings. The number of hydrogen-bond donors (Lipinski definition) is 1. The second kappa shape index (κ2) is 9.96. The molecule has 6 rings (SSSR count). The van der Waals surface area contributed by atoms with Crippen molar-refractivity contribution in [1.82, 2.24) is 14.5 Å². The zero-order valence-electron chi connectivity index (χ0n) is 20.6. The van der Waals surface area contributed by atoms with Crippen LogP contribution in [0.15, 0.2) is 72.2 Å². The van der Waals surface area contributed by atoms with Crippen LogP contribution in [0.25, 0.3) is 21.1 Å². The number of ether oxygens (including phenoxy) is 1. The van der Waals surface area contributed by atoms with Crippen molar-refractivity contribution in [3.05, 3.63) is 89.1 Å². The predicted octanol–water partition coefficient (Wildman–Crippen LogP) is 6.19. The highest BCUT2D eigenvalue weighted by molar-refractivity contribution is 7.16. The standard InChI is InChI=1S/C30H31N3O2S/c1-32-28(19-22-14-18-36-30(22)32)29(34)26-20-33(27-7-3-2-6-25(26)27)17-4-5-21-8-10-23(11-9-21)35-24-12-15-31-16-13-24/h2-3,6-11,14,18-20,24,31H,4-5,12-13,15-17H2,1H3. The third kappa shape index (κ3) is 4.47. The zero-order valence-corrected chi connectivity index (χ0v) is 21.4. The van der Waals surface area contributed by atoms with Gasteiger partial charge in [-0.05, 0) is 80.0 Å². The van der Waals surface area contributed by atoms with E-state index in [1.807, 2.05) is 36.0 Å². The molecule has 0 unspecified atom stereocenters. The molecule has 0 radical (unpaired) electrons. The number of hydrogen-bond acceptors (Lipinski definition) is 4. The minimum absolute atomic E-state index is 0.0835. The highest BCUT2D eigenvalue weighted by Crippen LogP contribution is 2.29. The number of piperidine rings is 1. The maximum atomic E-state index is 13.6. The van der Waals surface area contributed by atoms with E-state index in [1.165, 1.54) is 5.56 Å². The highest BCUT2D eigenvalue weighted by Gasteiger charge is 2.20. The summed E-state index contributed by atoms with van der Waals surface area (Å²) in [6.45, 7) is 2.94. The molecule has 0 bridgehead atoms. The molecule has 4 heterocycles. The molecule has 0 aliphatic carbocycles. The number of carbonyl (C=O) groups excluding carboxylic acids is 1. The first-order valence-electron chi connectivity index (χ1n) is 12.8. The number of rotatable bonds is 8. The summed E-state index contributed by atoms with van der Waals surface area (Å²) < 4.78 is 10.4. The van der Waals surface area contributed by atoms with E-state index in [2.05, 4.69) is 57.7 Å². The molecule has 0 atom stereocenters. The topological polar surface area (TPSA) is 48.2 Å². The van der Waals surface area contributed by atoms with Gasteiger partial charge >= 0.3 is 0 Å². The van der Waals surface area contributed by atoms with Gasteiger partial charge in [-0.15, -0.1) is 11.3 Å². The largest absolute Gasteiger partial charge is 0.490 e. The van der Waals surface area contributed by atoms with Crippen molar-refractivity contribution in [3.63, 3.8) is 0 Å². The summed E-state index contributed by atoms with van der Waals surface area (Å²) in [6, 6.07) is 20.9. The smallest absolute Gasteiger partial charge is 0.211 e. The number of para-hydroxylation sites is 1. The van der Waals surface area contributed by atoms with Crippen LogP contribution in [-0.2, 0) is 20.0 Å². The summed E-state index contributed by atoms with van der Waals surface area (Å²) in [6.07, 6.45) is 6.49. The van der Waals surface area contributed by atoms with Gasteiger partial charge in [0, 0.05) is 41.6 Å². The number of benzene rings is 2. The molecular weight excluding hydrogens is 466 g/mol. The lowest BCUT2D eigenvalue weighted by Gasteiger charge is -2.23. The Morgan fingerprint density at radius 1 is 1.08 bits per heavy atom. The Hall–Kier alpha value is -3.35. The van der Waals surface area contributed by atoms with Crippen LogP contribution in [0.5, 0.6) is 5.75 Å². The van der Waals surface area contributed by atoms with Crippen LogP contribution >= 0.6 is 11.3 Å². The van der Waals surface area contributed by atoms with Gasteiger partial charge in [0.2, 0.25) is 5.78 Å². The number of nitrogens with zero attached hydrogens (tertiary/aromatic N) is 2. The molecule has 5 nitrogen and oxygen atoms in total. The Morgan fingerprint density at radius 2 is 1.89 bits per heavy atom. The van der Waals surface area contributed by atoms with Gasteiger partial charge in [-0.2, -0.15) is 0 Å². The van der Waals surface area contributed by atoms with Crippen molar-refractivity contribution in [1.29, 1.82) is 0 Å². The molecule has 1 aliphatic rings. The van der Waals surface area contributed by atoms with Gasteiger partial charge < -0.3 is 19.2 Å². The molecular formula is C30H31N3O2S. The Balaban J connectivity index is 1.15. The zero-order chi connectivity index (χ0) is 24.5. The van der Waals surface area contributed by atoms with Gasteiger partial charge in [-0.3, -0.25) is 4.79 Å². The Morgan fingerprint density at radius 3 is 2.69 bits per heavy atom. The van der Waals surface area contributed by atoms with Crippen LogP contribution in [-0.4, -0.2) is 34.1 Å². The normalized spacial score (nSPS) is 14.6. The summed E-state index contributed by atoms with van der Waals surface area (Å²) in [5.74, 6) is 1.05. The third-order valence-electron chi connectivity index (χ3n) is 7.28. The van der Waals surface area contributed by atoms with Crippen LogP contribution in [0, 0.1) is 0 Å². The van der Waals surface area contributed by atoms with Crippen LogP contribution < -0.4 is 10.1 Å². The average molecular weight is 498 g/mol. The van der Waals surface area contributed by atoms with Gasteiger partial charge in [-0.1, -0.05) is 30.3 Å². The molecule has 36 heavy (non-hydrogen) atoms. The molecule has 1 N–H and O–H groups in total. The minimum atomic E-state index is 0.0835. The summed E-state index contributed by atoms with van der Waals surface area (Å²) in [7, 11) is 1.98. The number of carbonyl (C=O) groups is 1. The molecule has 2 aromatic carbocycles. The first kappa shape index (κ1) is 23.1. The van der Waals surface area contributed by atoms with Crippen LogP contribution in [0.1, 0.15) is 40.9 Å². The second-order valence-electron chi connectivity index (χ2n) is 9.67. The van der Waals surface area contributed by atoms with Gasteiger partial charge in [0.25, 0.3) is 0 Å². The van der Waals surface area contributed by atoms with Crippen LogP contribution in [0.2, 0.25) is 0 Å². The monoisotopic (exact) mass is 497 g/mol. The Bertz CT molecular complexity index is 1500. The number of nitrogens with one attached hydrogen (secondary N) is 1. The van der Waals surface area contributed by atoms with Crippen LogP contribution in [0.4, 0.5) is 0 Å². The number of thiophene rings is 1. The summed E-state index contributed by atoms with van der Waals surface area (Å²) in [4.78, 5) is 14.7. The maximum absolute atomic E-state index is 13.6. The van der Waals surface area contributed by atoms with E-state index in [0.717, 1.165) is 83.4 Å². The van der Waals surface area contributed by atoms with E-state index in [1.54, 1.807) is 11.3 Å². The fourth-order valence-electron chi connectivity index (χ4n) is 5.31. The molecule has 6 heteroatoms. The SMILES string of the molecule is Cn1c(C(=O)c2cn(CCCc3ccc(OC4CCNCC4)cc3)c3ccccc23)cc2ccsc21. The van der Waals surface area contributed by atoms with Crippen molar-refractivity contribution >= 4 is 38.2 Å². The third-order valence-corrected chi connectivity index (χ3v) is 8.28. The second-order valence-corrected chi connectivity index (χ2v) is 10.6. The fraction of sp³-hybridized carbons (Fsp3) is 0.300. The number of aromatic nitrogens is 2. The molecule has 0 amide bonds. The van der Waals surface area contributed by atoms with E-state index in [-0.39, 0.29) is 5.78 Å². The van der Waals surface area contributed by atoms with E-state index < -0.39 is 0 Å². The molecule has 1 aliphatic heterocycles. The van der Waals surface area contributed by atoms with Crippen molar-refractivity contribution in [2.45, 2.75) is 38.3 Å². The van der Waals surface area contributed by atoms with E-state index in [9.17, 15) is 4.79 Å². The summed E-state index contributed by atoms with van der Waals surface area (Å²) in [5.41, 5.74) is 3.94. The summed E-state index contributed by atoms with van der Waals surface area (Å²) >= 11 is 1.67. The molecule has 1 fully saturated rings. The quantitative estimate of drug-likeness (QED) is 0.260. The fourth-order valence-corrected chi connectivity index (χ4v) is 6.17. The average Bonchev–Trinajstić information content (AvgIpc) is 3.61. The van der Waals surface area contributed by atoms with Crippen molar-refractivity contribution in [2.75, 3.05) is 13.1 Å². The lowest BCUT2D eigenvalue weighted by Crippen LogP contribution is -2.34. The van der Waals surface area contributed by atoms with Crippen molar-refractivity contribution in [3.8, 4) is 5.75 Å². The highest BCUT2D eigenvalue weighted by atomic mass is 32.1. The number of fused-ring (bicyclic) bond motifs is 2. The van der Waals surface area contributed by atoms with Gasteiger partial charge in [0.15, 0.2) is 0 Å². The minimum Gasteiger partial charge on any atom is -0.490 e. The first-order chi connectivity index (χ1) is 17.7. The summed E-state index contributed by atoms with van der Waals surface area (Å²) in [5, 5.41) is 7.59. The molecule has 1 saturated heterocycles. The molecule has 0 saturated carbocycles. The van der Waals surface area contributed by atoms with Crippen molar-refractivity contribution in [2.24, 2.45) is 7.05 Å². The van der Waals surface area contributed by atoms with Gasteiger partial charge in [0.1, 0.15) is 16.7 Å². The molecule has 184 valence electrons. The lowest BCUT2D eigenvalue weighted by atomic mass is 10.1. The van der Waals surface area contributed by atoms with Crippen molar-refractivity contribution < 1.29 is 9.53 Å². The lowest BCUT2D eigenvalue weighted by molar-refractivity contribution is 0.103. The maximum Gasteiger partial charge on any atom is 0.211 e. The van der Waals surface area contributed by atoms with E-state index in [0.29, 0.717) is 6.10 Å². The number of aryl methyl sites for hydroxylation is 3. The Labute approximate surface area is 215 Å². The number of ketones is 1. The van der Waals surface area contributed by atoms with E-state index in [4.69, 9.17) is 4.74 Å². The molecule has 0 spiro atoms. The van der Waals surface area contributed by atoms with Gasteiger partial charge in [-0.25, -0.2) is 0 Å². The van der Waals surface area contributed by atoms with Crippen LogP contribution in [0.3, 0.4) is 0 Å².